The monoisotopic (exact) mass is 443 g/mol. The van der Waals surface area contributed by atoms with Crippen LogP contribution in [0.15, 0.2) is 72.8 Å². The summed E-state index contributed by atoms with van der Waals surface area (Å²) in [4.78, 5) is 2.38. The summed E-state index contributed by atoms with van der Waals surface area (Å²) in [5.74, 6) is 1.45. The van der Waals surface area contributed by atoms with E-state index in [1.54, 1.807) is 7.11 Å². The van der Waals surface area contributed by atoms with Crippen LogP contribution in [0.25, 0.3) is 0 Å². The van der Waals surface area contributed by atoms with Crippen molar-refractivity contribution < 1.29 is 9.47 Å². The molecule has 5 heteroatoms. The zero-order valence-corrected chi connectivity index (χ0v) is 19.8. The minimum absolute atomic E-state index is 0.0184. The number of nitriles is 1. The summed E-state index contributed by atoms with van der Waals surface area (Å²) < 4.78 is 11.6. The highest BCUT2D eigenvalue weighted by atomic mass is 16.5. The van der Waals surface area contributed by atoms with Crippen LogP contribution in [0.3, 0.4) is 0 Å². The van der Waals surface area contributed by atoms with Gasteiger partial charge in [0.25, 0.3) is 0 Å². The minimum Gasteiger partial charge on any atom is -0.493 e. The van der Waals surface area contributed by atoms with Crippen LogP contribution < -0.4 is 15.2 Å². The lowest BCUT2D eigenvalue weighted by Gasteiger charge is -2.32. The number of hydrogen-bond acceptors (Lipinski definition) is 5. The van der Waals surface area contributed by atoms with Gasteiger partial charge < -0.3 is 15.2 Å². The van der Waals surface area contributed by atoms with Crippen LogP contribution >= 0.6 is 0 Å². The Morgan fingerprint density at radius 3 is 2.18 bits per heavy atom. The molecule has 0 heterocycles. The van der Waals surface area contributed by atoms with Crippen molar-refractivity contribution in [3.63, 3.8) is 0 Å². The zero-order valence-electron chi connectivity index (χ0n) is 19.8. The first-order chi connectivity index (χ1) is 15.9. The molecule has 0 atom stereocenters. The van der Waals surface area contributed by atoms with Crippen LogP contribution in [-0.4, -0.2) is 25.1 Å². The van der Waals surface area contributed by atoms with Gasteiger partial charge >= 0.3 is 0 Å². The molecule has 0 aliphatic heterocycles. The predicted molar refractivity (Wildman–Crippen MR) is 132 cm³/mol. The van der Waals surface area contributed by atoms with E-state index in [-0.39, 0.29) is 5.41 Å². The smallest absolute Gasteiger partial charge is 0.161 e. The van der Waals surface area contributed by atoms with Crippen molar-refractivity contribution in [2.75, 3.05) is 20.2 Å². The first-order valence-corrected chi connectivity index (χ1v) is 11.2. The lowest BCUT2D eigenvalue weighted by molar-refractivity contribution is 0.168. The molecule has 0 unspecified atom stereocenters. The van der Waals surface area contributed by atoms with Crippen LogP contribution in [0.1, 0.15) is 36.1 Å². The van der Waals surface area contributed by atoms with E-state index in [2.05, 4.69) is 30.9 Å². The van der Waals surface area contributed by atoms with E-state index in [9.17, 15) is 0 Å². The van der Waals surface area contributed by atoms with Gasteiger partial charge in [-0.25, -0.2) is 0 Å². The molecule has 0 fully saturated rings. The Balaban J connectivity index is 1.75. The highest BCUT2D eigenvalue weighted by Gasteiger charge is 2.21. The SMILES string of the molecule is COc1cc(CN(Cc2ccc(C#N)cc2)CC(C)(C)CN)ccc1OCc1ccccc1. The highest BCUT2D eigenvalue weighted by molar-refractivity contribution is 5.43. The number of benzene rings is 3. The summed E-state index contributed by atoms with van der Waals surface area (Å²) in [5.41, 5.74) is 10.1. The lowest BCUT2D eigenvalue weighted by atomic mass is 9.92. The molecule has 0 spiro atoms. The van der Waals surface area contributed by atoms with E-state index >= 15 is 0 Å². The highest BCUT2D eigenvalue weighted by Crippen LogP contribution is 2.30. The van der Waals surface area contributed by atoms with Gasteiger partial charge in [0.1, 0.15) is 6.61 Å². The van der Waals surface area contributed by atoms with E-state index in [1.807, 2.05) is 66.7 Å². The Morgan fingerprint density at radius 1 is 0.879 bits per heavy atom. The normalized spacial score (nSPS) is 11.3. The van der Waals surface area contributed by atoms with Crippen LogP contribution in [0.5, 0.6) is 11.5 Å². The molecule has 2 N–H and O–H groups in total. The van der Waals surface area contributed by atoms with Gasteiger partial charge in [0.15, 0.2) is 11.5 Å². The van der Waals surface area contributed by atoms with Gasteiger partial charge in [0, 0.05) is 19.6 Å². The largest absolute Gasteiger partial charge is 0.493 e. The van der Waals surface area contributed by atoms with Crippen molar-refractivity contribution in [2.45, 2.75) is 33.5 Å². The summed E-state index contributed by atoms with van der Waals surface area (Å²) in [7, 11) is 1.67. The fraction of sp³-hybridized carbons (Fsp3) is 0.321. The van der Waals surface area contributed by atoms with E-state index in [4.69, 9.17) is 20.5 Å². The third kappa shape index (κ3) is 7.35. The molecule has 0 saturated carbocycles. The molecule has 3 aromatic rings. The molecule has 172 valence electrons. The molecule has 0 bridgehead atoms. The number of methoxy groups -OCH3 is 1. The molecule has 0 saturated heterocycles. The average molecular weight is 444 g/mol. The van der Waals surface area contributed by atoms with Crippen molar-refractivity contribution in [3.8, 4) is 17.6 Å². The summed E-state index contributed by atoms with van der Waals surface area (Å²) in [6.45, 7) is 7.82. The van der Waals surface area contributed by atoms with Crippen molar-refractivity contribution >= 4 is 0 Å². The summed E-state index contributed by atoms with van der Waals surface area (Å²) in [6.07, 6.45) is 0. The van der Waals surface area contributed by atoms with Crippen LogP contribution in [0.2, 0.25) is 0 Å². The lowest BCUT2D eigenvalue weighted by Crippen LogP contribution is -2.38. The number of rotatable bonds is 11. The van der Waals surface area contributed by atoms with Crippen LogP contribution in [-0.2, 0) is 19.7 Å². The van der Waals surface area contributed by atoms with Crippen LogP contribution in [0, 0.1) is 16.7 Å². The second-order valence-electron chi connectivity index (χ2n) is 9.08. The Kier molecular flexibility index (Phi) is 8.48. The van der Waals surface area contributed by atoms with Crippen molar-refractivity contribution in [1.82, 2.24) is 4.90 Å². The molecule has 0 amide bonds. The topological polar surface area (TPSA) is 71.5 Å². The molecule has 33 heavy (non-hydrogen) atoms. The zero-order chi connectivity index (χ0) is 23.7. The minimum atomic E-state index is -0.0184. The second kappa shape index (κ2) is 11.5. The molecular weight excluding hydrogens is 410 g/mol. The maximum Gasteiger partial charge on any atom is 0.161 e. The Hall–Kier alpha value is -3.33. The Labute approximate surface area is 197 Å². The number of nitrogens with two attached hydrogens (primary N) is 1. The summed E-state index contributed by atoms with van der Waals surface area (Å²) in [6, 6.07) is 26.1. The maximum atomic E-state index is 9.07. The second-order valence-corrected chi connectivity index (χ2v) is 9.08. The molecule has 0 aliphatic rings. The molecule has 3 rings (SSSR count). The third-order valence-corrected chi connectivity index (χ3v) is 5.56. The summed E-state index contributed by atoms with van der Waals surface area (Å²) in [5, 5.41) is 9.07. The van der Waals surface area contributed by atoms with Gasteiger partial charge in [0.05, 0.1) is 18.7 Å². The predicted octanol–water partition coefficient (Wildman–Crippen LogP) is 5.13. The van der Waals surface area contributed by atoms with E-state index in [0.29, 0.717) is 18.7 Å². The standard InChI is InChI=1S/C28H33N3O2/c1-28(2,20-30)21-31(17-23-11-9-22(16-29)10-12-23)18-25-13-14-26(27(15-25)32-3)33-19-24-7-5-4-6-8-24/h4-15H,17-21,30H2,1-3H3. The van der Waals surface area contributed by atoms with Crippen molar-refractivity contribution in [2.24, 2.45) is 11.1 Å². The first kappa shape index (κ1) is 24.3. The molecule has 0 aromatic heterocycles. The van der Waals surface area contributed by atoms with E-state index in [1.165, 1.54) is 0 Å². The van der Waals surface area contributed by atoms with E-state index in [0.717, 1.165) is 47.8 Å². The van der Waals surface area contributed by atoms with Crippen molar-refractivity contribution in [3.05, 3.63) is 95.1 Å². The fourth-order valence-corrected chi connectivity index (χ4v) is 3.70. The molecule has 3 aromatic carbocycles. The number of hydrogen-bond donors (Lipinski definition) is 1. The quantitative estimate of drug-likeness (QED) is 0.445. The molecule has 5 nitrogen and oxygen atoms in total. The van der Waals surface area contributed by atoms with Crippen LogP contribution in [0.4, 0.5) is 0 Å². The molecular formula is C28H33N3O2. The maximum absolute atomic E-state index is 9.07. The van der Waals surface area contributed by atoms with E-state index < -0.39 is 0 Å². The van der Waals surface area contributed by atoms with Gasteiger partial charge in [-0.3, -0.25) is 4.90 Å². The molecule has 0 radical (unpaired) electrons. The molecule has 0 aliphatic carbocycles. The van der Waals surface area contributed by atoms with Gasteiger partial charge in [-0.15, -0.1) is 0 Å². The Morgan fingerprint density at radius 2 is 1.55 bits per heavy atom. The number of ether oxygens (including phenoxy) is 2. The summed E-state index contributed by atoms with van der Waals surface area (Å²) >= 11 is 0. The van der Waals surface area contributed by atoms with Crippen molar-refractivity contribution in [1.29, 1.82) is 5.26 Å². The average Bonchev–Trinajstić information content (AvgIpc) is 2.84. The first-order valence-electron chi connectivity index (χ1n) is 11.2. The van der Waals surface area contributed by atoms with Gasteiger partial charge in [0.2, 0.25) is 0 Å². The van der Waals surface area contributed by atoms with Gasteiger partial charge in [-0.1, -0.05) is 62.4 Å². The van der Waals surface area contributed by atoms with Gasteiger partial charge in [-0.05, 0) is 52.9 Å². The third-order valence-electron chi connectivity index (χ3n) is 5.56. The number of nitrogens with zero attached hydrogens (tertiary/aromatic N) is 2. The Bertz CT molecular complexity index is 1060. The van der Waals surface area contributed by atoms with Gasteiger partial charge in [-0.2, -0.15) is 5.26 Å². The fourth-order valence-electron chi connectivity index (χ4n) is 3.70.